The predicted octanol–water partition coefficient (Wildman–Crippen LogP) is 0.125. The molecule has 0 spiro atoms. The minimum Gasteiger partial charge on any atom is -0.330 e. The van der Waals surface area contributed by atoms with Crippen LogP contribution in [0.15, 0.2) is 10.9 Å². The third-order valence-corrected chi connectivity index (χ3v) is 1.20. The van der Waals surface area contributed by atoms with Gasteiger partial charge >= 0.3 is 6.01 Å². The molecule has 0 aliphatic rings. The van der Waals surface area contributed by atoms with E-state index in [1.807, 2.05) is 13.8 Å². The van der Waals surface area contributed by atoms with E-state index in [0.717, 1.165) is 6.42 Å². The van der Waals surface area contributed by atoms with Gasteiger partial charge in [-0.15, -0.1) is 0 Å². The second kappa shape index (κ2) is 7.51. The molecule has 13 heavy (non-hydrogen) atoms. The van der Waals surface area contributed by atoms with Crippen molar-refractivity contribution >= 4 is 6.01 Å². The number of hydrogen-bond acceptors (Lipinski definition) is 6. The Kier molecular flexibility index (Phi) is 6.85. The predicted molar refractivity (Wildman–Crippen MR) is 50.9 cm³/mol. The second-order valence-corrected chi connectivity index (χ2v) is 2.06. The van der Waals surface area contributed by atoms with Gasteiger partial charge < -0.3 is 10.3 Å². The number of nitrogens with zero attached hydrogens (tertiary/aromatic N) is 3. The Balaban J connectivity index is 0.000000671. The first-order valence-corrected chi connectivity index (χ1v) is 4.33. The Morgan fingerprint density at radius 3 is 2.69 bits per heavy atom. The lowest BCUT2D eigenvalue weighted by Gasteiger charge is -2.10. The number of anilines is 1. The molecule has 0 aliphatic heterocycles. The monoisotopic (exact) mass is 187 g/mol. The number of hydrogen-bond donors (Lipinski definition) is 2. The highest BCUT2D eigenvalue weighted by Gasteiger charge is 2.04. The van der Waals surface area contributed by atoms with Gasteiger partial charge in [0, 0.05) is 6.54 Å². The number of aromatic nitrogens is 2. The molecule has 1 aromatic rings. The van der Waals surface area contributed by atoms with E-state index in [-0.39, 0.29) is 0 Å². The van der Waals surface area contributed by atoms with Gasteiger partial charge in [-0.3, -0.25) is 5.01 Å². The van der Waals surface area contributed by atoms with Crippen LogP contribution >= 0.6 is 0 Å². The van der Waals surface area contributed by atoms with E-state index in [2.05, 4.69) is 10.1 Å². The Labute approximate surface area is 77.9 Å². The van der Waals surface area contributed by atoms with Crippen molar-refractivity contribution in [1.82, 2.24) is 10.1 Å². The van der Waals surface area contributed by atoms with Crippen LogP contribution in [0.4, 0.5) is 6.01 Å². The third kappa shape index (κ3) is 4.44. The Morgan fingerprint density at radius 2 is 2.23 bits per heavy atom. The number of nitrogens with two attached hydrogens (primary N) is 2. The van der Waals surface area contributed by atoms with Crippen molar-refractivity contribution in [2.75, 3.05) is 18.1 Å². The van der Waals surface area contributed by atoms with Crippen molar-refractivity contribution in [2.24, 2.45) is 11.6 Å². The van der Waals surface area contributed by atoms with E-state index in [4.69, 9.17) is 16.1 Å². The molecule has 0 aliphatic carbocycles. The lowest BCUT2D eigenvalue weighted by Crippen LogP contribution is -2.33. The maximum atomic E-state index is 5.51. The third-order valence-electron chi connectivity index (χ3n) is 1.20. The van der Waals surface area contributed by atoms with Gasteiger partial charge in [0.25, 0.3) is 0 Å². The molecule has 0 fully saturated rings. The zero-order chi connectivity index (χ0) is 10.1. The largest absolute Gasteiger partial charge is 0.337 e. The fraction of sp³-hybridized carbons (Fsp3) is 0.714. The molecule has 0 saturated carbocycles. The van der Waals surface area contributed by atoms with Gasteiger partial charge in [-0.05, 0) is 13.0 Å². The fourth-order valence-electron chi connectivity index (χ4n) is 0.651. The number of hydrazine groups is 1. The Hall–Kier alpha value is -1.14. The molecule has 1 heterocycles. The van der Waals surface area contributed by atoms with Crippen LogP contribution in [0.5, 0.6) is 0 Å². The van der Waals surface area contributed by atoms with Crippen LogP contribution in [-0.2, 0) is 0 Å². The van der Waals surface area contributed by atoms with Gasteiger partial charge in [0.05, 0.1) is 0 Å². The highest BCUT2D eigenvalue weighted by atomic mass is 16.5. The second-order valence-electron chi connectivity index (χ2n) is 2.06. The maximum Gasteiger partial charge on any atom is 0.337 e. The maximum absolute atomic E-state index is 5.51. The Morgan fingerprint density at radius 1 is 1.54 bits per heavy atom. The molecule has 0 atom stereocenters. The summed E-state index contributed by atoms with van der Waals surface area (Å²) in [4.78, 5) is 3.75. The molecule has 0 bridgehead atoms. The first-order chi connectivity index (χ1) is 6.34. The summed E-state index contributed by atoms with van der Waals surface area (Å²) < 4.78 is 4.69. The standard InChI is InChI=1S/C5H11N5O.C2H6/c6-2-1-3-10(7)5-8-4-9-11-5;1-2/h4H,1-3,6-7H2;1-2H3. The van der Waals surface area contributed by atoms with Gasteiger partial charge in [-0.2, -0.15) is 4.98 Å². The highest BCUT2D eigenvalue weighted by Crippen LogP contribution is 2.02. The van der Waals surface area contributed by atoms with Gasteiger partial charge in [0.1, 0.15) is 0 Å². The van der Waals surface area contributed by atoms with Crippen molar-refractivity contribution in [3.8, 4) is 0 Å². The van der Waals surface area contributed by atoms with Crippen molar-refractivity contribution in [3.63, 3.8) is 0 Å². The van der Waals surface area contributed by atoms with Crippen LogP contribution in [0.1, 0.15) is 20.3 Å². The summed E-state index contributed by atoms with van der Waals surface area (Å²) >= 11 is 0. The van der Waals surface area contributed by atoms with E-state index < -0.39 is 0 Å². The molecular formula is C7H17N5O. The van der Waals surface area contributed by atoms with E-state index in [1.54, 1.807) is 0 Å². The summed E-state index contributed by atoms with van der Waals surface area (Å²) in [5, 5.41) is 4.79. The minimum atomic E-state index is 0.318. The van der Waals surface area contributed by atoms with Crippen molar-refractivity contribution in [3.05, 3.63) is 6.33 Å². The van der Waals surface area contributed by atoms with Crippen LogP contribution < -0.4 is 16.6 Å². The molecule has 1 rings (SSSR count). The summed E-state index contributed by atoms with van der Waals surface area (Å²) in [5.41, 5.74) is 5.28. The molecule has 76 valence electrons. The molecule has 6 heteroatoms. The van der Waals surface area contributed by atoms with Crippen LogP contribution in [0.2, 0.25) is 0 Å². The average Bonchev–Trinajstić information content (AvgIpc) is 2.70. The summed E-state index contributed by atoms with van der Waals surface area (Å²) in [5.74, 6) is 5.51. The van der Waals surface area contributed by atoms with E-state index >= 15 is 0 Å². The average molecular weight is 187 g/mol. The molecule has 0 aromatic carbocycles. The zero-order valence-corrected chi connectivity index (χ0v) is 8.10. The van der Waals surface area contributed by atoms with Crippen molar-refractivity contribution in [2.45, 2.75) is 20.3 Å². The van der Waals surface area contributed by atoms with Gasteiger partial charge in [-0.25, -0.2) is 5.84 Å². The van der Waals surface area contributed by atoms with Crippen LogP contribution in [0, 0.1) is 0 Å². The number of rotatable bonds is 4. The fourth-order valence-corrected chi connectivity index (χ4v) is 0.651. The molecule has 0 unspecified atom stereocenters. The molecule has 0 saturated heterocycles. The molecule has 4 N–H and O–H groups in total. The van der Waals surface area contributed by atoms with Gasteiger partial charge in [0.2, 0.25) is 0 Å². The highest BCUT2D eigenvalue weighted by molar-refractivity contribution is 5.18. The minimum absolute atomic E-state index is 0.318. The van der Waals surface area contributed by atoms with Crippen LogP contribution in [-0.4, -0.2) is 23.2 Å². The van der Waals surface area contributed by atoms with E-state index in [0.29, 0.717) is 19.1 Å². The van der Waals surface area contributed by atoms with Crippen molar-refractivity contribution in [1.29, 1.82) is 0 Å². The SMILES string of the molecule is CC.NCCCN(N)c1ncno1. The quantitative estimate of drug-likeness (QED) is 0.513. The molecule has 1 aromatic heterocycles. The summed E-state index contributed by atoms with van der Waals surface area (Å²) in [6.45, 7) is 5.22. The summed E-state index contributed by atoms with van der Waals surface area (Å²) in [7, 11) is 0. The molecule has 0 amide bonds. The topological polar surface area (TPSA) is 94.2 Å². The van der Waals surface area contributed by atoms with Crippen LogP contribution in [0.25, 0.3) is 0 Å². The van der Waals surface area contributed by atoms with Gasteiger partial charge in [-0.1, -0.05) is 19.0 Å². The lowest BCUT2D eigenvalue weighted by atomic mass is 10.4. The van der Waals surface area contributed by atoms with E-state index in [1.165, 1.54) is 11.3 Å². The molecule has 6 nitrogen and oxygen atoms in total. The van der Waals surface area contributed by atoms with Gasteiger partial charge in [0.15, 0.2) is 6.33 Å². The summed E-state index contributed by atoms with van der Waals surface area (Å²) in [6, 6.07) is 0.318. The summed E-state index contributed by atoms with van der Waals surface area (Å²) in [6.07, 6.45) is 2.11. The van der Waals surface area contributed by atoms with E-state index in [9.17, 15) is 0 Å². The molecular weight excluding hydrogens is 170 g/mol. The Bertz CT molecular complexity index is 189. The smallest absolute Gasteiger partial charge is 0.330 e. The first-order valence-electron chi connectivity index (χ1n) is 4.33. The van der Waals surface area contributed by atoms with Crippen molar-refractivity contribution < 1.29 is 4.52 Å². The first kappa shape index (κ1) is 11.9. The lowest BCUT2D eigenvalue weighted by molar-refractivity contribution is 0.412. The molecule has 0 radical (unpaired) electrons. The van der Waals surface area contributed by atoms with Crippen LogP contribution in [0.3, 0.4) is 0 Å². The normalized spacial score (nSPS) is 8.92. The zero-order valence-electron chi connectivity index (χ0n) is 8.10.